The summed E-state index contributed by atoms with van der Waals surface area (Å²) in [6.07, 6.45) is 0.632. The topological polar surface area (TPSA) is 85.8 Å². The molecule has 0 fully saturated rings. The molecular formula is C22H20BrN5O. The molecule has 0 saturated carbocycles. The summed E-state index contributed by atoms with van der Waals surface area (Å²) in [6.45, 7) is 3.98. The predicted octanol–water partition coefficient (Wildman–Crippen LogP) is 4.32. The molecule has 0 saturated heterocycles. The van der Waals surface area contributed by atoms with Gasteiger partial charge in [-0.1, -0.05) is 53.2 Å². The fraction of sp³-hybridized carbons (Fsp3) is 0.136. The van der Waals surface area contributed by atoms with E-state index < -0.39 is 5.91 Å². The summed E-state index contributed by atoms with van der Waals surface area (Å²) in [7, 11) is 0. The summed E-state index contributed by atoms with van der Waals surface area (Å²) in [5, 5.41) is 5.68. The van der Waals surface area contributed by atoms with Crippen LogP contribution in [0.25, 0.3) is 27.8 Å². The number of nitrogens with zero attached hydrogens (tertiary/aromatic N) is 3. The molecule has 2 aromatic heterocycles. The fourth-order valence-electron chi connectivity index (χ4n) is 3.64. The summed E-state index contributed by atoms with van der Waals surface area (Å²) < 4.78 is 2.76. The number of hydrazine groups is 1. The van der Waals surface area contributed by atoms with Gasteiger partial charge < -0.3 is 0 Å². The number of nitrogens with one attached hydrogen (secondary N) is 1. The molecule has 6 nitrogen and oxygen atoms in total. The zero-order chi connectivity index (χ0) is 20.5. The van der Waals surface area contributed by atoms with Gasteiger partial charge in [-0.15, -0.1) is 0 Å². The van der Waals surface area contributed by atoms with Crippen molar-refractivity contribution in [2.24, 2.45) is 5.84 Å². The molecule has 146 valence electrons. The highest BCUT2D eigenvalue weighted by atomic mass is 79.9. The Hall–Kier alpha value is -3.03. The first kappa shape index (κ1) is 19.3. The van der Waals surface area contributed by atoms with E-state index in [0.717, 1.165) is 37.9 Å². The van der Waals surface area contributed by atoms with E-state index >= 15 is 0 Å². The van der Waals surface area contributed by atoms with Crippen LogP contribution in [0.4, 0.5) is 0 Å². The van der Waals surface area contributed by atoms with E-state index in [1.54, 1.807) is 4.68 Å². The van der Waals surface area contributed by atoms with Gasteiger partial charge in [0.2, 0.25) is 0 Å². The Morgan fingerprint density at radius 3 is 2.45 bits per heavy atom. The number of benzene rings is 2. The Morgan fingerprint density at radius 1 is 1.14 bits per heavy atom. The molecule has 3 N–H and O–H groups in total. The number of nitrogen functional groups attached to an aromatic ring is 1. The molecule has 0 aliphatic rings. The molecule has 0 spiro atoms. The summed E-state index contributed by atoms with van der Waals surface area (Å²) in [5.41, 5.74) is 7.72. The number of pyridine rings is 1. The number of amides is 1. The molecule has 1 amide bonds. The minimum atomic E-state index is -0.416. The number of aryl methyl sites for hydroxylation is 1. The number of carbonyl (C=O) groups excluding carboxylic acids is 1. The lowest BCUT2D eigenvalue weighted by atomic mass is 9.93. The molecule has 0 radical (unpaired) electrons. The largest absolute Gasteiger partial charge is 0.289 e. The zero-order valence-electron chi connectivity index (χ0n) is 16.1. The molecule has 0 bridgehead atoms. The second kappa shape index (κ2) is 7.77. The van der Waals surface area contributed by atoms with Crippen LogP contribution in [0.15, 0.2) is 59.1 Å². The van der Waals surface area contributed by atoms with Crippen LogP contribution in [0.1, 0.15) is 28.7 Å². The van der Waals surface area contributed by atoms with E-state index in [-0.39, 0.29) is 0 Å². The summed E-state index contributed by atoms with van der Waals surface area (Å²) >= 11 is 3.49. The molecule has 0 aliphatic heterocycles. The Morgan fingerprint density at radius 2 is 1.83 bits per heavy atom. The first-order valence-electron chi connectivity index (χ1n) is 9.29. The third-order valence-corrected chi connectivity index (χ3v) is 5.45. The van der Waals surface area contributed by atoms with Gasteiger partial charge in [0, 0.05) is 10.0 Å². The molecule has 0 unspecified atom stereocenters. The van der Waals surface area contributed by atoms with Gasteiger partial charge in [-0.25, -0.2) is 15.5 Å². The molecule has 0 atom stereocenters. The van der Waals surface area contributed by atoms with E-state index in [4.69, 9.17) is 15.9 Å². The lowest BCUT2D eigenvalue weighted by Gasteiger charge is -2.15. The van der Waals surface area contributed by atoms with Crippen molar-refractivity contribution >= 4 is 32.9 Å². The van der Waals surface area contributed by atoms with Gasteiger partial charge in [-0.3, -0.25) is 10.2 Å². The minimum absolute atomic E-state index is 0.317. The molecule has 4 rings (SSSR count). The van der Waals surface area contributed by atoms with Crippen molar-refractivity contribution in [2.75, 3.05) is 0 Å². The normalized spacial score (nSPS) is 11.0. The standard InChI is InChI=1S/C22H20BrN5O/c1-3-17-19(14-9-11-15(23)12-10-14)18-13(2)27-28(16-7-5-4-6-8-16)21(18)25-20(17)22(29)26-24/h4-12H,3,24H2,1-2H3,(H,26,29). The number of carbonyl (C=O) groups is 1. The van der Waals surface area contributed by atoms with Crippen molar-refractivity contribution < 1.29 is 4.79 Å². The van der Waals surface area contributed by atoms with Crippen molar-refractivity contribution in [3.63, 3.8) is 0 Å². The Labute approximate surface area is 176 Å². The van der Waals surface area contributed by atoms with Crippen LogP contribution in [-0.4, -0.2) is 20.7 Å². The Balaban J connectivity index is 2.15. The molecule has 4 aromatic rings. The minimum Gasteiger partial charge on any atom is -0.289 e. The van der Waals surface area contributed by atoms with Crippen molar-refractivity contribution in [1.82, 2.24) is 20.2 Å². The number of para-hydroxylation sites is 1. The van der Waals surface area contributed by atoms with Crippen molar-refractivity contribution in [2.45, 2.75) is 20.3 Å². The first-order valence-corrected chi connectivity index (χ1v) is 10.1. The van der Waals surface area contributed by atoms with E-state index in [1.807, 2.05) is 68.4 Å². The molecule has 0 aliphatic carbocycles. The maximum absolute atomic E-state index is 12.6. The lowest BCUT2D eigenvalue weighted by Crippen LogP contribution is -2.32. The second-order valence-electron chi connectivity index (χ2n) is 6.68. The average Bonchev–Trinajstić information content (AvgIpc) is 3.09. The number of rotatable bonds is 4. The SMILES string of the molecule is CCc1c(C(=O)NN)nc2c(c(C)nn2-c2ccccc2)c1-c1ccc(Br)cc1. The molecular weight excluding hydrogens is 430 g/mol. The number of halogens is 1. The van der Waals surface area contributed by atoms with Gasteiger partial charge in [0.1, 0.15) is 5.69 Å². The quantitative estimate of drug-likeness (QED) is 0.276. The zero-order valence-corrected chi connectivity index (χ0v) is 17.7. The van der Waals surface area contributed by atoms with Gasteiger partial charge in [0.15, 0.2) is 5.65 Å². The van der Waals surface area contributed by atoms with Crippen LogP contribution in [0, 0.1) is 6.92 Å². The number of aromatic nitrogens is 3. The van der Waals surface area contributed by atoms with E-state index in [2.05, 4.69) is 21.4 Å². The van der Waals surface area contributed by atoms with Crippen molar-refractivity contribution in [1.29, 1.82) is 0 Å². The monoisotopic (exact) mass is 449 g/mol. The van der Waals surface area contributed by atoms with Crippen LogP contribution in [-0.2, 0) is 6.42 Å². The van der Waals surface area contributed by atoms with Gasteiger partial charge in [0.05, 0.1) is 16.8 Å². The van der Waals surface area contributed by atoms with E-state index in [0.29, 0.717) is 17.8 Å². The van der Waals surface area contributed by atoms with Gasteiger partial charge in [-0.2, -0.15) is 5.10 Å². The molecule has 2 heterocycles. The second-order valence-corrected chi connectivity index (χ2v) is 7.59. The summed E-state index contributed by atoms with van der Waals surface area (Å²) in [4.78, 5) is 17.3. The van der Waals surface area contributed by atoms with E-state index in [9.17, 15) is 4.79 Å². The van der Waals surface area contributed by atoms with E-state index in [1.165, 1.54) is 0 Å². The summed E-state index contributed by atoms with van der Waals surface area (Å²) in [6, 6.07) is 17.8. The Bertz CT molecular complexity index is 1200. The van der Waals surface area contributed by atoms with Crippen LogP contribution < -0.4 is 11.3 Å². The fourth-order valence-corrected chi connectivity index (χ4v) is 3.90. The smallest absolute Gasteiger partial charge is 0.284 e. The highest BCUT2D eigenvalue weighted by Gasteiger charge is 2.24. The highest BCUT2D eigenvalue weighted by Crippen LogP contribution is 2.36. The van der Waals surface area contributed by atoms with Crippen LogP contribution in [0.2, 0.25) is 0 Å². The molecule has 29 heavy (non-hydrogen) atoms. The van der Waals surface area contributed by atoms with Crippen molar-refractivity contribution in [3.05, 3.63) is 76.0 Å². The molecule has 7 heteroatoms. The average molecular weight is 450 g/mol. The number of hydrogen-bond donors (Lipinski definition) is 2. The number of fused-ring (bicyclic) bond motifs is 1. The number of hydrogen-bond acceptors (Lipinski definition) is 4. The van der Waals surface area contributed by atoms with Gasteiger partial charge >= 0.3 is 0 Å². The highest BCUT2D eigenvalue weighted by molar-refractivity contribution is 9.10. The van der Waals surface area contributed by atoms with Gasteiger partial charge in [-0.05, 0) is 48.7 Å². The molecule has 2 aromatic carbocycles. The third-order valence-electron chi connectivity index (χ3n) is 4.92. The lowest BCUT2D eigenvalue weighted by molar-refractivity contribution is 0.0948. The predicted molar refractivity (Wildman–Crippen MR) is 118 cm³/mol. The third kappa shape index (κ3) is 3.32. The van der Waals surface area contributed by atoms with Crippen LogP contribution in [0.5, 0.6) is 0 Å². The maximum atomic E-state index is 12.6. The maximum Gasteiger partial charge on any atom is 0.284 e. The first-order chi connectivity index (χ1) is 14.0. The Kier molecular flexibility index (Phi) is 5.17. The van der Waals surface area contributed by atoms with Crippen molar-refractivity contribution in [3.8, 4) is 16.8 Å². The van der Waals surface area contributed by atoms with Gasteiger partial charge in [0.25, 0.3) is 5.91 Å². The van der Waals surface area contributed by atoms with Crippen LogP contribution >= 0.6 is 15.9 Å². The number of nitrogens with two attached hydrogens (primary N) is 1. The van der Waals surface area contributed by atoms with Crippen LogP contribution in [0.3, 0.4) is 0 Å². The summed E-state index contributed by atoms with van der Waals surface area (Å²) in [5.74, 6) is 5.05.